The van der Waals surface area contributed by atoms with E-state index in [1.807, 2.05) is 24.3 Å². The maximum Gasteiger partial charge on any atom is 0.331 e. The molecule has 0 radical (unpaired) electrons. The smallest absolute Gasteiger partial charge is 0.318 e. The molecule has 5 heteroatoms. The third kappa shape index (κ3) is 2.32. The Labute approximate surface area is 143 Å². The van der Waals surface area contributed by atoms with Gasteiger partial charge in [0.2, 0.25) is 0 Å². The summed E-state index contributed by atoms with van der Waals surface area (Å²) in [6.45, 7) is 1.27. The fourth-order valence-corrected chi connectivity index (χ4v) is 3.31. The van der Waals surface area contributed by atoms with E-state index in [-0.39, 0.29) is 23.6 Å². The number of nitrogens with zero attached hydrogens (tertiary/aromatic N) is 1. The van der Waals surface area contributed by atoms with Gasteiger partial charge in [-0.1, -0.05) is 53.7 Å². The Morgan fingerprint density at radius 3 is 1.96 bits per heavy atom. The topological polar surface area (TPSA) is 72.8 Å². The van der Waals surface area contributed by atoms with Crippen LogP contribution in [0.3, 0.4) is 0 Å². The molecule has 0 aromatic heterocycles. The minimum absolute atomic E-state index is 0.182. The molecule has 0 aliphatic heterocycles. The summed E-state index contributed by atoms with van der Waals surface area (Å²) in [5.41, 5.74) is 3.75. The van der Waals surface area contributed by atoms with E-state index in [1.54, 1.807) is 24.3 Å². The number of benzene rings is 2. The van der Waals surface area contributed by atoms with Gasteiger partial charge in [-0.05, 0) is 11.1 Å². The molecule has 2 aliphatic rings. The van der Waals surface area contributed by atoms with Crippen molar-refractivity contribution in [1.82, 2.24) is 0 Å². The van der Waals surface area contributed by atoms with Crippen LogP contribution in [0.15, 0.2) is 59.3 Å². The number of rotatable bonds is 1. The molecule has 5 nitrogen and oxygen atoms in total. The van der Waals surface area contributed by atoms with Crippen LogP contribution >= 0.6 is 0 Å². The van der Waals surface area contributed by atoms with Crippen LogP contribution in [0.25, 0.3) is 5.57 Å². The predicted octanol–water partition coefficient (Wildman–Crippen LogP) is 3.19. The van der Waals surface area contributed by atoms with E-state index in [2.05, 4.69) is 5.16 Å². The Hall–Kier alpha value is -3.34. The second kappa shape index (κ2) is 5.63. The van der Waals surface area contributed by atoms with E-state index < -0.39 is 5.97 Å². The van der Waals surface area contributed by atoms with E-state index in [4.69, 9.17) is 4.84 Å². The normalized spacial score (nSPS) is 17.1. The summed E-state index contributed by atoms with van der Waals surface area (Å²) in [7, 11) is 0. The van der Waals surface area contributed by atoms with Crippen molar-refractivity contribution in [2.45, 2.75) is 13.3 Å². The molecule has 2 aromatic carbocycles. The Kier molecular flexibility index (Phi) is 3.42. The number of oxime groups is 1. The molecule has 2 aliphatic carbocycles. The van der Waals surface area contributed by atoms with E-state index in [0.717, 1.165) is 11.1 Å². The SMILES string of the molecule is CC(=O)O/N=C1\CC(=C2C(=O)c3ccccc3C2=O)c2ccccc21. The number of hydrogen-bond acceptors (Lipinski definition) is 5. The zero-order valence-corrected chi connectivity index (χ0v) is 13.4. The van der Waals surface area contributed by atoms with Crippen molar-refractivity contribution < 1.29 is 19.2 Å². The Balaban J connectivity index is 1.89. The number of fused-ring (bicyclic) bond motifs is 2. The quantitative estimate of drug-likeness (QED) is 0.348. The molecule has 4 rings (SSSR count). The largest absolute Gasteiger partial charge is 0.331 e. The average Bonchev–Trinajstić information content (AvgIpc) is 3.10. The van der Waals surface area contributed by atoms with Crippen molar-refractivity contribution in [2.75, 3.05) is 0 Å². The maximum absolute atomic E-state index is 12.8. The van der Waals surface area contributed by atoms with Gasteiger partial charge in [-0.2, -0.15) is 0 Å². The minimum Gasteiger partial charge on any atom is -0.318 e. The van der Waals surface area contributed by atoms with Crippen molar-refractivity contribution in [3.8, 4) is 0 Å². The summed E-state index contributed by atoms with van der Waals surface area (Å²) < 4.78 is 0. The first kappa shape index (κ1) is 15.2. The molecule has 0 N–H and O–H groups in total. The third-order valence-electron chi connectivity index (χ3n) is 4.36. The first-order valence-corrected chi connectivity index (χ1v) is 7.83. The third-order valence-corrected chi connectivity index (χ3v) is 4.36. The number of Topliss-reactive ketones (excluding diaryl/α,β-unsaturated/α-hetero) is 2. The molecule has 0 atom stereocenters. The van der Waals surface area contributed by atoms with Crippen LogP contribution < -0.4 is 0 Å². The molecule has 0 saturated heterocycles. The van der Waals surface area contributed by atoms with Gasteiger partial charge in [0.1, 0.15) is 0 Å². The van der Waals surface area contributed by atoms with Crippen molar-refractivity contribution in [3.63, 3.8) is 0 Å². The van der Waals surface area contributed by atoms with Gasteiger partial charge in [-0.3, -0.25) is 9.59 Å². The van der Waals surface area contributed by atoms with Crippen LogP contribution in [-0.2, 0) is 9.63 Å². The van der Waals surface area contributed by atoms with Gasteiger partial charge >= 0.3 is 5.97 Å². The van der Waals surface area contributed by atoms with Crippen LogP contribution in [-0.4, -0.2) is 23.2 Å². The fourth-order valence-electron chi connectivity index (χ4n) is 3.31. The number of allylic oxidation sites excluding steroid dienone is 2. The maximum atomic E-state index is 12.8. The van der Waals surface area contributed by atoms with Crippen LogP contribution in [0.1, 0.15) is 45.2 Å². The Bertz CT molecular complexity index is 977. The van der Waals surface area contributed by atoms with Gasteiger partial charge < -0.3 is 4.84 Å². The summed E-state index contributed by atoms with van der Waals surface area (Å²) >= 11 is 0. The zero-order chi connectivity index (χ0) is 17.6. The monoisotopic (exact) mass is 331 g/mol. The molecule has 0 heterocycles. The lowest BCUT2D eigenvalue weighted by Crippen LogP contribution is -2.04. The van der Waals surface area contributed by atoms with E-state index in [1.165, 1.54) is 6.92 Å². The lowest BCUT2D eigenvalue weighted by molar-refractivity contribution is -0.140. The van der Waals surface area contributed by atoms with Crippen molar-refractivity contribution in [2.24, 2.45) is 5.16 Å². The molecule has 0 saturated carbocycles. The Morgan fingerprint density at radius 2 is 1.40 bits per heavy atom. The van der Waals surface area contributed by atoms with Gasteiger partial charge in [0, 0.05) is 30.0 Å². The second-order valence-corrected chi connectivity index (χ2v) is 5.90. The number of hydrogen-bond donors (Lipinski definition) is 0. The highest BCUT2D eigenvalue weighted by Gasteiger charge is 2.38. The molecule has 0 spiro atoms. The number of ketones is 2. The first-order chi connectivity index (χ1) is 12.1. The van der Waals surface area contributed by atoms with Gasteiger partial charge in [0.25, 0.3) is 0 Å². The van der Waals surface area contributed by atoms with Crippen LogP contribution in [0.5, 0.6) is 0 Å². The van der Waals surface area contributed by atoms with Gasteiger partial charge in [0.05, 0.1) is 11.3 Å². The number of carbonyl (C=O) groups is 3. The van der Waals surface area contributed by atoms with Crippen molar-refractivity contribution in [1.29, 1.82) is 0 Å². The van der Waals surface area contributed by atoms with Crippen molar-refractivity contribution in [3.05, 3.63) is 76.4 Å². The zero-order valence-electron chi connectivity index (χ0n) is 13.4. The molecular formula is C20H13NO4. The average molecular weight is 331 g/mol. The second-order valence-electron chi connectivity index (χ2n) is 5.90. The van der Waals surface area contributed by atoms with Gasteiger partial charge in [0.15, 0.2) is 11.6 Å². The summed E-state index contributed by atoms with van der Waals surface area (Å²) in [5.74, 6) is -1.05. The Morgan fingerprint density at radius 1 is 0.880 bits per heavy atom. The summed E-state index contributed by atoms with van der Waals surface area (Å²) in [6, 6.07) is 14.2. The highest BCUT2D eigenvalue weighted by Crippen LogP contribution is 2.39. The number of carbonyl (C=O) groups excluding carboxylic acids is 3. The molecule has 0 fully saturated rings. The fraction of sp³-hybridized carbons (Fsp3) is 0.100. The van der Waals surface area contributed by atoms with Gasteiger partial charge in [-0.25, -0.2) is 4.79 Å². The lowest BCUT2D eigenvalue weighted by Gasteiger charge is -2.03. The lowest BCUT2D eigenvalue weighted by atomic mass is 9.98. The van der Waals surface area contributed by atoms with E-state index >= 15 is 0 Å². The highest BCUT2D eigenvalue weighted by molar-refractivity contribution is 6.43. The minimum atomic E-state index is -0.522. The molecule has 2 aromatic rings. The van der Waals surface area contributed by atoms with E-state index in [9.17, 15) is 14.4 Å². The van der Waals surface area contributed by atoms with Crippen LogP contribution in [0.2, 0.25) is 0 Å². The summed E-state index contributed by atoms with van der Waals surface area (Å²) in [6.07, 6.45) is 0.271. The predicted molar refractivity (Wildman–Crippen MR) is 91.4 cm³/mol. The molecule has 0 bridgehead atoms. The van der Waals surface area contributed by atoms with Crippen LogP contribution in [0, 0.1) is 0 Å². The highest BCUT2D eigenvalue weighted by atomic mass is 16.7. The molecule has 122 valence electrons. The molecule has 0 amide bonds. The summed E-state index contributed by atoms with van der Waals surface area (Å²) in [5, 5.41) is 3.90. The van der Waals surface area contributed by atoms with Crippen LogP contribution in [0.4, 0.5) is 0 Å². The first-order valence-electron chi connectivity index (χ1n) is 7.83. The standard InChI is InChI=1S/C20H13NO4/c1-11(22)25-21-17-10-16(12-6-2-3-7-13(12)17)18-19(23)14-8-4-5-9-15(14)20(18)24/h2-9H,10H2,1H3/b21-17+. The van der Waals surface area contributed by atoms with Crippen molar-refractivity contribution >= 4 is 28.8 Å². The molecule has 0 unspecified atom stereocenters. The molecular weight excluding hydrogens is 318 g/mol. The summed E-state index contributed by atoms with van der Waals surface area (Å²) in [4.78, 5) is 41.4. The van der Waals surface area contributed by atoms with E-state index in [0.29, 0.717) is 22.4 Å². The molecule has 25 heavy (non-hydrogen) atoms. The van der Waals surface area contributed by atoms with Gasteiger partial charge in [-0.15, -0.1) is 0 Å².